The van der Waals surface area contributed by atoms with Crippen molar-refractivity contribution in [2.24, 2.45) is 0 Å². The molecule has 0 spiro atoms. The monoisotopic (exact) mass is 324 g/mol. The van der Waals surface area contributed by atoms with E-state index < -0.39 is 0 Å². The molecule has 0 N–H and O–H groups in total. The Kier molecular flexibility index (Phi) is 5.56. The van der Waals surface area contributed by atoms with Gasteiger partial charge in [-0.05, 0) is 24.7 Å². The maximum absolute atomic E-state index is 12.9. The van der Waals surface area contributed by atoms with Crippen LogP contribution in [-0.4, -0.2) is 60.5 Å². The van der Waals surface area contributed by atoms with Crippen LogP contribution in [0.1, 0.15) is 5.56 Å². The van der Waals surface area contributed by atoms with Crippen LogP contribution in [0.4, 0.5) is 5.82 Å². The summed E-state index contributed by atoms with van der Waals surface area (Å²) in [7, 11) is 2.12. The second-order valence-corrected chi connectivity index (χ2v) is 6.23. The third kappa shape index (κ3) is 4.40. The molecule has 0 atom stereocenters. The molecule has 1 saturated heterocycles. The zero-order valence-electron chi connectivity index (χ0n) is 14.1. The van der Waals surface area contributed by atoms with E-state index in [0.717, 1.165) is 31.7 Å². The van der Waals surface area contributed by atoms with Crippen LogP contribution in [0.15, 0.2) is 54.7 Å². The van der Waals surface area contributed by atoms with Crippen LogP contribution in [0.25, 0.3) is 0 Å². The van der Waals surface area contributed by atoms with Crippen LogP contribution in [0, 0.1) is 0 Å². The molecule has 1 amide bonds. The topological polar surface area (TPSA) is 39.7 Å². The normalized spacial score (nSPS) is 16.0. The molecule has 0 bridgehead atoms. The van der Waals surface area contributed by atoms with Gasteiger partial charge in [-0.15, -0.1) is 0 Å². The van der Waals surface area contributed by atoms with Crippen molar-refractivity contribution >= 4 is 11.7 Å². The number of nitrogens with zero attached hydrogens (tertiary/aromatic N) is 4. The maximum Gasteiger partial charge on any atom is 0.242 e. The summed E-state index contributed by atoms with van der Waals surface area (Å²) in [6.45, 7) is 4.88. The first-order valence-corrected chi connectivity index (χ1v) is 8.38. The molecule has 3 rings (SSSR count). The first-order valence-electron chi connectivity index (χ1n) is 8.38. The van der Waals surface area contributed by atoms with Crippen LogP contribution < -0.4 is 4.90 Å². The average molecular weight is 324 g/mol. The fourth-order valence-electron chi connectivity index (χ4n) is 2.86. The van der Waals surface area contributed by atoms with E-state index in [9.17, 15) is 4.79 Å². The van der Waals surface area contributed by atoms with Gasteiger partial charge in [-0.2, -0.15) is 0 Å². The molecule has 0 saturated carbocycles. The van der Waals surface area contributed by atoms with Gasteiger partial charge in [0.25, 0.3) is 0 Å². The van der Waals surface area contributed by atoms with E-state index in [2.05, 4.69) is 21.8 Å². The Morgan fingerprint density at radius 3 is 2.42 bits per heavy atom. The molecule has 1 fully saturated rings. The number of amides is 1. The van der Waals surface area contributed by atoms with E-state index in [1.807, 2.05) is 48.5 Å². The SMILES string of the molecule is CN1CCN(CC(=O)N(Cc2ccccc2)c2ccccn2)CC1. The summed E-state index contributed by atoms with van der Waals surface area (Å²) < 4.78 is 0. The first-order chi connectivity index (χ1) is 11.7. The maximum atomic E-state index is 12.9. The lowest BCUT2D eigenvalue weighted by molar-refractivity contribution is -0.120. The molecule has 1 aliphatic rings. The standard InChI is InChI=1S/C19H24N4O/c1-21-11-13-22(14-12-21)16-19(24)23(18-9-5-6-10-20-18)15-17-7-3-2-4-8-17/h2-10H,11-16H2,1H3. The highest BCUT2D eigenvalue weighted by molar-refractivity contribution is 5.93. The van der Waals surface area contributed by atoms with Gasteiger partial charge in [0.1, 0.15) is 5.82 Å². The molecule has 5 heteroatoms. The van der Waals surface area contributed by atoms with E-state index in [4.69, 9.17) is 0 Å². The third-order valence-electron chi connectivity index (χ3n) is 4.37. The molecule has 0 unspecified atom stereocenters. The summed E-state index contributed by atoms with van der Waals surface area (Å²) in [6, 6.07) is 15.7. The molecule has 126 valence electrons. The molecule has 24 heavy (non-hydrogen) atoms. The van der Waals surface area contributed by atoms with Gasteiger partial charge in [-0.1, -0.05) is 36.4 Å². The largest absolute Gasteiger partial charge is 0.304 e. The van der Waals surface area contributed by atoms with Crippen molar-refractivity contribution in [3.05, 3.63) is 60.3 Å². The summed E-state index contributed by atoms with van der Waals surface area (Å²) in [4.78, 5) is 23.6. The molecule has 2 heterocycles. The summed E-state index contributed by atoms with van der Waals surface area (Å²) in [6.07, 6.45) is 1.73. The number of anilines is 1. The van der Waals surface area contributed by atoms with Gasteiger partial charge in [0.05, 0.1) is 13.1 Å². The number of hydrogen-bond donors (Lipinski definition) is 0. The van der Waals surface area contributed by atoms with Crippen LogP contribution >= 0.6 is 0 Å². The number of carbonyl (C=O) groups excluding carboxylic acids is 1. The summed E-state index contributed by atoms with van der Waals surface area (Å²) in [5, 5.41) is 0. The Balaban J connectivity index is 1.73. The molecule has 0 aliphatic carbocycles. The highest BCUT2D eigenvalue weighted by Crippen LogP contribution is 2.15. The second kappa shape index (κ2) is 8.04. The molecule has 1 aromatic heterocycles. The molecule has 2 aromatic rings. The smallest absolute Gasteiger partial charge is 0.242 e. The minimum Gasteiger partial charge on any atom is -0.304 e. The van der Waals surface area contributed by atoms with E-state index in [1.165, 1.54) is 0 Å². The van der Waals surface area contributed by atoms with Crippen molar-refractivity contribution in [3.8, 4) is 0 Å². The van der Waals surface area contributed by atoms with Crippen molar-refractivity contribution in [2.75, 3.05) is 44.7 Å². The van der Waals surface area contributed by atoms with Gasteiger partial charge in [0.15, 0.2) is 0 Å². The quantitative estimate of drug-likeness (QED) is 0.842. The molecular formula is C19H24N4O. The minimum absolute atomic E-state index is 0.0992. The number of benzene rings is 1. The zero-order valence-corrected chi connectivity index (χ0v) is 14.1. The molecule has 1 aliphatic heterocycles. The van der Waals surface area contributed by atoms with Crippen LogP contribution in [0.2, 0.25) is 0 Å². The Morgan fingerprint density at radius 2 is 1.75 bits per heavy atom. The minimum atomic E-state index is 0.0992. The summed E-state index contributed by atoms with van der Waals surface area (Å²) in [5.41, 5.74) is 1.11. The molecule has 1 aromatic carbocycles. The van der Waals surface area contributed by atoms with E-state index in [0.29, 0.717) is 18.9 Å². The van der Waals surface area contributed by atoms with Crippen molar-refractivity contribution in [2.45, 2.75) is 6.54 Å². The summed E-state index contributed by atoms with van der Waals surface area (Å²) in [5.74, 6) is 0.808. The van der Waals surface area contributed by atoms with Crippen LogP contribution in [0.5, 0.6) is 0 Å². The van der Waals surface area contributed by atoms with Crippen LogP contribution in [-0.2, 0) is 11.3 Å². The highest BCUT2D eigenvalue weighted by Gasteiger charge is 2.22. The average Bonchev–Trinajstić information content (AvgIpc) is 2.63. The Bertz CT molecular complexity index is 639. The Hall–Kier alpha value is -2.24. The van der Waals surface area contributed by atoms with Crippen molar-refractivity contribution < 1.29 is 4.79 Å². The number of hydrogen-bond acceptors (Lipinski definition) is 4. The first kappa shape index (κ1) is 16.6. The lowest BCUT2D eigenvalue weighted by Crippen LogP contribution is -2.49. The van der Waals surface area contributed by atoms with Crippen molar-refractivity contribution in [3.63, 3.8) is 0 Å². The predicted octanol–water partition coefficient (Wildman–Crippen LogP) is 1.86. The Morgan fingerprint density at radius 1 is 1.04 bits per heavy atom. The molecular weight excluding hydrogens is 300 g/mol. The number of likely N-dealkylation sites (N-methyl/N-ethyl adjacent to an activating group) is 1. The fourth-order valence-corrected chi connectivity index (χ4v) is 2.86. The van der Waals surface area contributed by atoms with Gasteiger partial charge in [0.2, 0.25) is 5.91 Å². The second-order valence-electron chi connectivity index (χ2n) is 6.23. The third-order valence-corrected chi connectivity index (χ3v) is 4.37. The van der Waals surface area contributed by atoms with Crippen LogP contribution in [0.3, 0.4) is 0 Å². The fraction of sp³-hybridized carbons (Fsp3) is 0.368. The van der Waals surface area contributed by atoms with Gasteiger partial charge >= 0.3 is 0 Å². The highest BCUT2D eigenvalue weighted by atomic mass is 16.2. The lowest BCUT2D eigenvalue weighted by Gasteiger charge is -2.33. The number of rotatable bonds is 5. The van der Waals surface area contributed by atoms with E-state index in [1.54, 1.807) is 11.1 Å². The van der Waals surface area contributed by atoms with E-state index in [-0.39, 0.29) is 5.91 Å². The van der Waals surface area contributed by atoms with Gasteiger partial charge in [0, 0.05) is 32.4 Å². The van der Waals surface area contributed by atoms with E-state index >= 15 is 0 Å². The predicted molar refractivity (Wildman–Crippen MR) is 95.8 cm³/mol. The van der Waals surface area contributed by atoms with Gasteiger partial charge < -0.3 is 4.90 Å². The Labute approximate surface area is 143 Å². The van der Waals surface area contributed by atoms with Gasteiger partial charge in [-0.25, -0.2) is 4.98 Å². The number of carbonyl (C=O) groups is 1. The summed E-state index contributed by atoms with van der Waals surface area (Å²) >= 11 is 0. The number of piperazine rings is 1. The van der Waals surface area contributed by atoms with Crippen molar-refractivity contribution in [1.29, 1.82) is 0 Å². The molecule has 0 radical (unpaired) electrons. The van der Waals surface area contributed by atoms with Gasteiger partial charge in [-0.3, -0.25) is 14.6 Å². The zero-order chi connectivity index (χ0) is 16.8. The lowest BCUT2D eigenvalue weighted by atomic mass is 10.2. The van der Waals surface area contributed by atoms with Crippen molar-refractivity contribution in [1.82, 2.24) is 14.8 Å². The number of aromatic nitrogens is 1. The molecule has 5 nitrogen and oxygen atoms in total. The number of pyridine rings is 1.